The van der Waals surface area contributed by atoms with Gasteiger partial charge in [-0.3, -0.25) is 0 Å². The molecular formula is C20H21N3O. The fourth-order valence-corrected chi connectivity index (χ4v) is 3.15. The molecular weight excluding hydrogens is 298 g/mol. The minimum Gasteiger partial charge on any atom is -0.477 e. The van der Waals surface area contributed by atoms with Crippen molar-refractivity contribution in [3.63, 3.8) is 0 Å². The predicted octanol–water partition coefficient (Wildman–Crippen LogP) is 4.37. The second-order valence-corrected chi connectivity index (χ2v) is 6.54. The van der Waals surface area contributed by atoms with Gasteiger partial charge in [0.2, 0.25) is 11.8 Å². The van der Waals surface area contributed by atoms with E-state index in [1.807, 2.05) is 6.07 Å². The summed E-state index contributed by atoms with van der Waals surface area (Å²) in [7, 11) is 0. The number of anilines is 1. The van der Waals surface area contributed by atoms with Gasteiger partial charge in [0.15, 0.2) is 0 Å². The van der Waals surface area contributed by atoms with Gasteiger partial charge in [0, 0.05) is 0 Å². The predicted molar refractivity (Wildman–Crippen MR) is 97.0 cm³/mol. The van der Waals surface area contributed by atoms with Gasteiger partial charge in [0.25, 0.3) is 0 Å². The van der Waals surface area contributed by atoms with E-state index >= 15 is 0 Å². The molecule has 0 saturated heterocycles. The van der Waals surface area contributed by atoms with Crippen molar-refractivity contribution in [3.8, 4) is 17.0 Å². The minimum absolute atomic E-state index is 0.259. The topological polar surface area (TPSA) is 61.0 Å². The highest BCUT2D eigenvalue weighted by Gasteiger charge is 2.19. The van der Waals surface area contributed by atoms with Gasteiger partial charge in [-0.25, -0.2) is 4.98 Å². The highest BCUT2D eigenvalue weighted by molar-refractivity contribution is 5.89. The van der Waals surface area contributed by atoms with E-state index < -0.39 is 0 Å². The molecule has 4 rings (SSSR count). The fourth-order valence-electron chi connectivity index (χ4n) is 3.15. The van der Waals surface area contributed by atoms with E-state index in [1.54, 1.807) is 0 Å². The second-order valence-electron chi connectivity index (χ2n) is 6.54. The number of rotatable bonds is 4. The third kappa shape index (κ3) is 2.80. The van der Waals surface area contributed by atoms with Crippen molar-refractivity contribution in [3.05, 3.63) is 48.0 Å². The molecule has 1 heterocycles. The average Bonchev–Trinajstić information content (AvgIpc) is 2.53. The van der Waals surface area contributed by atoms with Gasteiger partial charge in [-0.1, -0.05) is 36.8 Å². The maximum atomic E-state index is 5.99. The Morgan fingerprint density at radius 3 is 2.71 bits per heavy atom. The molecule has 1 aromatic heterocycles. The highest BCUT2D eigenvalue weighted by atomic mass is 16.5. The number of aromatic nitrogens is 2. The Kier molecular flexibility index (Phi) is 3.81. The monoisotopic (exact) mass is 319 g/mol. The summed E-state index contributed by atoms with van der Waals surface area (Å²) in [5.74, 6) is 1.50. The normalized spacial score (nSPS) is 14.5. The van der Waals surface area contributed by atoms with Crippen molar-refractivity contribution in [1.82, 2.24) is 9.97 Å². The van der Waals surface area contributed by atoms with Gasteiger partial charge in [0.05, 0.1) is 17.5 Å². The molecule has 2 N–H and O–H groups in total. The number of hydrogen-bond donors (Lipinski definition) is 1. The van der Waals surface area contributed by atoms with Crippen LogP contribution in [0.3, 0.4) is 0 Å². The Balaban J connectivity index is 1.76. The number of aryl methyl sites for hydroxylation is 1. The molecule has 4 nitrogen and oxygen atoms in total. The number of nitrogen functional groups attached to an aromatic ring is 1. The van der Waals surface area contributed by atoms with Gasteiger partial charge in [0.1, 0.15) is 0 Å². The number of benzene rings is 2. The Hall–Kier alpha value is -2.62. The molecule has 122 valence electrons. The Bertz CT molecular complexity index is 887. The third-order valence-electron chi connectivity index (χ3n) is 4.81. The molecule has 1 aliphatic carbocycles. The zero-order valence-corrected chi connectivity index (χ0v) is 13.8. The number of hydrogen-bond acceptors (Lipinski definition) is 4. The molecule has 0 atom stereocenters. The van der Waals surface area contributed by atoms with E-state index in [9.17, 15) is 0 Å². The first kappa shape index (κ1) is 14.9. The summed E-state index contributed by atoms with van der Waals surface area (Å²) in [4.78, 5) is 8.67. The maximum Gasteiger partial charge on any atom is 0.226 e. The summed E-state index contributed by atoms with van der Waals surface area (Å²) >= 11 is 0. The number of ether oxygens (including phenoxy) is 1. The molecule has 4 heteroatoms. The van der Waals surface area contributed by atoms with E-state index in [2.05, 4.69) is 53.3 Å². The maximum absolute atomic E-state index is 5.99. The molecule has 3 aromatic rings. The second kappa shape index (κ2) is 6.11. The van der Waals surface area contributed by atoms with Crippen molar-refractivity contribution < 1.29 is 4.74 Å². The van der Waals surface area contributed by atoms with Crippen LogP contribution in [0.5, 0.6) is 5.88 Å². The summed E-state index contributed by atoms with van der Waals surface area (Å²) in [6.45, 7) is 2.83. The van der Waals surface area contributed by atoms with Crippen molar-refractivity contribution in [2.24, 2.45) is 5.92 Å². The summed E-state index contributed by atoms with van der Waals surface area (Å²) < 4.78 is 5.99. The van der Waals surface area contributed by atoms with Crippen LogP contribution in [0.4, 0.5) is 5.95 Å². The number of fused-ring (bicyclic) bond motifs is 1. The first-order chi connectivity index (χ1) is 11.7. The number of nitrogens with zero attached hydrogens (tertiary/aromatic N) is 2. The largest absolute Gasteiger partial charge is 0.477 e. The van der Waals surface area contributed by atoms with E-state index in [1.165, 1.54) is 30.4 Å². The summed E-state index contributed by atoms with van der Waals surface area (Å²) in [6.07, 6.45) is 3.79. The van der Waals surface area contributed by atoms with Crippen LogP contribution in [0.1, 0.15) is 24.8 Å². The third-order valence-corrected chi connectivity index (χ3v) is 4.81. The van der Waals surface area contributed by atoms with E-state index in [4.69, 9.17) is 10.5 Å². The lowest BCUT2D eigenvalue weighted by Crippen LogP contribution is -2.19. The lowest BCUT2D eigenvalue weighted by molar-refractivity contribution is 0.177. The van der Waals surface area contributed by atoms with Crippen LogP contribution < -0.4 is 10.5 Å². The standard InChI is InChI=1S/C20H21N3O/c1-13-5-2-3-8-16(13)15-9-10-18-17(11-15)19(23-20(21)22-18)24-12-14-6-4-7-14/h2-3,5,8-11,14H,4,6-7,12H2,1H3,(H2,21,22,23). The van der Waals surface area contributed by atoms with Crippen molar-refractivity contribution in [2.45, 2.75) is 26.2 Å². The zero-order chi connectivity index (χ0) is 16.5. The lowest BCUT2D eigenvalue weighted by Gasteiger charge is -2.25. The minimum atomic E-state index is 0.259. The van der Waals surface area contributed by atoms with Crippen molar-refractivity contribution >= 4 is 16.9 Å². The number of nitrogens with two attached hydrogens (primary N) is 1. The van der Waals surface area contributed by atoms with Crippen LogP contribution in [-0.2, 0) is 0 Å². The molecule has 1 aliphatic rings. The molecule has 1 saturated carbocycles. The first-order valence-electron chi connectivity index (χ1n) is 8.47. The molecule has 0 aliphatic heterocycles. The van der Waals surface area contributed by atoms with Gasteiger partial charge < -0.3 is 10.5 Å². The van der Waals surface area contributed by atoms with E-state index in [0.29, 0.717) is 18.4 Å². The Morgan fingerprint density at radius 1 is 1.12 bits per heavy atom. The van der Waals surface area contributed by atoms with Crippen molar-refractivity contribution in [2.75, 3.05) is 12.3 Å². The fraction of sp³-hybridized carbons (Fsp3) is 0.300. The van der Waals surface area contributed by atoms with Crippen LogP contribution in [-0.4, -0.2) is 16.6 Å². The van der Waals surface area contributed by atoms with Crippen LogP contribution in [0, 0.1) is 12.8 Å². The summed E-state index contributed by atoms with van der Waals surface area (Å²) in [6, 6.07) is 14.5. The van der Waals surface area contributed by atoms with Gasteiger partial charge in [-0.05, 0) is 54.5 Å². The smallest absolute Gasteiger partial charge is 0.226 e. The van der Waals surface area contributed by atoms with E-state index in [-0.39, 0.29) is 5.95 Å². The molecule has 0 spiro atoms. The average molecular weight is 319 g/mol. The molecule has 2 aromatic carbocycles. The Labute approximate surface area is 141 Å². The van der Waals surface area contributed by atoms with Gasteiger partial charge >= 0.3 is 0 Å². The molecule has 24 heavy (non-hydrogen) atoms. The molecule has 1 fully saturated rings. The van der Waals surface area contributed by atoms with Crippen LogP contribution >= 0.6 is 0 Å². The van der Waals surface area contributed by atoms with Crippen molar-refractivity contribution in [1.29, 1.82) is 0 Å². The van der Waals surface area contributed by atoms with Crippen LogP contribution in [0.2, 0.25) is 0 Å². The van der Waals surface area contributed by atoms with Crippen LogP contribution in [0.25, 0.3) is 22.0 Å². The summed E-state index contributed by atoms with van der Waals surface area (Å²) in [5.41, 5.74) is 10.3. The highest BCUT2D eigenvalue weighted by Crippen LogP contribution is 2.32. The Morgan fingerprint density at radius 2 is 1.96 bits per heavy atom. The molecule has 0 unspecified atom stereocenters. The molecule has 0 bridgehead atoms. The van der Waals surface area contributed by atoms with Gasteiger partial charge in [-0.15, -0.1) is 0 Å². The molecule has 0 radical (unpaired) electrons. The summed E-state index contributed by atoms with van der Waals surface area (Å²) in [5, 5.41) is 0.921. The lowest BCUT2D eigenvalue weighted by atomic mass is 9.86. The van der Waals surface area contributed by atoms with E-state index in [0.717, 1.165) is 16.5 Å². The van der Waals surface area contributed by atoms with Crippen LogP contribution in [0.15, 0.2) is 42.5 Å². The first-order valence-corrected chi connectivity index (χ1v) is 8.47. The van der Waals surface area contributed by atoms with Gasteiger partial charge in [-0.2, -0.15) is 4.98 Å². The molecule has 0 amide bonds. The SMILES string of the molecule is Cc1ccccc1-c1ccc2nc(N)nc(OCC3CCC3)c2c1. The zero-order valence-electron chi connectivity index (χ0n) is 13.8. The quantitative estimate of drug-likeness (QED) is 0.776.